The van der Waals surface area contributed by atoms with Crippen LogP contribution in [0.15, 0.2) is 71.8 Å². The van der Waals surface area contributed by atoms with Gasteiger partial charge in [-0.2, -0.15) is 0 Å². The summed E-state index contributed by atoms with van der Waals surface area (Å²) >= 11 is 0. The number of nitrogens with zero attached hydrogens (tertiary/aromatic N) is 1. The van der Waals surface area contributed by atoms with Crippen molar-refractivity contribution >= 4 is 11.4 Å². The van der Waals surface area contributed by atoms with Gasteiger partial charge in [0.15, 0.2) is 0 Å². The van der Waals surface area contributed by atoms with E-state index in [4.69, 9.17) is 0 Å². The molecule has 122 valence electrons. The topological polar surface area (TPSA) is 3.24 Å². The predicted molar refractivity (Wildman–Crippen MR) is 103 cm³/mol. The summed E-state index contributed by atoms with van der Waals surface area (Å²) in [5, 5.41) is 0. The number of hydrogen-bond donors (Lipinski definition) is 0. The molecule has 24 heavy (non-hydrogen) atoms. The minimum atomic E-state index is 0.0906. The Morgan fingerprint density at radius 2 is 1.75 bits per heavy atom. The van der Waals surface area contributed by atoms with Crippen LogP contribution in [0.25, 0.3) is 0 Å². The van der Waals surface area contributed by atoms with Gasteiger partial charge in [0.2, 0.25) is 0 Å². The SMILES string of the molecule is CN(c1ccccc1)c1ccc2c(c1)C(C)(C)C1=C(CCC=C1)C2. The first-order valence-electron chi connectivity index (χ1n) is 8.88. The van der Waals surface area contributed by atoms with Crippen LogP contribution in [0.4, 0.5) is 11.4 Å². The minimum absolute atomic E-state index is 0.0906. The first kappa shape index (κ1) is 15.3. The quantitative estimate of drug-likeness (QED) is 0.663. The molecular weight excluding hydrogens is 290 g/mol. The third-order valence-corrected chi connectivity index (χ3v) is 5.65. The van der Waals surface area contributed by atoms with E-state index < -0.39 is 0 Å². The maximum Gasteiger partial charge on any atom is 0.0411 e. The highest BCUT2D eigenvalue weighted by atomic mass is 15.1. The molecule has 0 spiro atoms. The summed E-state index contributed by atoms with van der Waals surface area (Å²) in [6, 6.07) is 17.6. The number of allylic oxidation sites excluding steroid dienone is 4. The summed E-state index contributed by atoms with van der Waals surface area (Å²) in [6.45, 7) is 4.75. The third kappa shape index (κ3) is 2.39. The van der Waals surface area contributed by atoms with Crippen LogP contribution in [0.2, 0.25) is 0 Å². The number of hydrogen-bond acceptors (Lipinski definition) is 1. The van der Waals surface area contributed by atoms with Crippen LogP contribution in [0, 0.1) is 0 Å². The molecule has 4 rings (SSSR count). The van der Waals surface area contributed by atoms with E-state index in [0.29, 0.717) is 0 Å². The Balaban J connectivity index is 1.77. The maximum atomic E-state index is 2.40. The van der Waals surface area contributed by atoms with Crippen molar-refractivity contribution < 1.29 is 0 Å². The average Bonchev–Trinajstić information content (AvgIpc) is 2.62. The Bertz CT molecular complexity index is 824. The van der Waals surface area contributed by atoms with Gasteiger partial charge in [0.05, 0.1) is 0 Å². The Morgan fingerprint density at radius 3 is 2.54 bits per heavy atom. The molecule has 0 aromatic heterocycles. The molecule has 0 atom stereocenters. The van der Waals surface area contributed by atoms with Crippen molar-refractivity contribution in [2.45, 2.75) is 38.5 Å². The van der Waals surface area contributed by atoms with Crippen molar-refractivity contribution in [2.75, 3.05) is 11.9 Å². The Labute approximate surface area is 145 Å². The summed E-state index contributed by atoms with van der Waals surface area (Å²) < 4.78 is 0. The van der Waals surface area contributed by atoms with Gasteiger partial charge >= 0.3 is 0 Å². The molecule has 0 amide bonds. The first-order valence-corrected chi connectivity index (χ1v) is 8.88. The van der Waals surface area contributed by atoms with Gasteiger partial charge in [-0.15, -0.1) is 0 Å². The zero-order chi connectivity index (χ0) is 16.7. The van der Waals surface area contributed by atoms with Crippen LogP contribution < -0.4 is 4.90 Å². The Kier molecular flexibility index (Phi) is 3.60. The van der Waals surface area contributed by atoms with Crippen LogP contribution in [0.3, 0.4) is 0 Å². The normalized spacial score (nSPS) is 18.1. The lowest BCUT2D eigenvalue weighted by molar-refractivity contribution is 0.592. The van der Waals surface area contributed by atoms with Crippen molar-refractivity contribution in [3.63, 3.8) is 0 Å². The first-order chi connectivity index (χ1) is 11.6. The average molecular weight is 315 g/mol. The Hall–Kier alpha value is -2.28. The molecule has 2 aromatic rings. The van der Waals surface area contributed by atoms with Crippen LogP contribution in [-0.2, 0) is 11.8 Å². The zero-order valence-corrected chi connectivity index (χ0v) is 14.8. The molecular formula is C23H25N. The van der Waals surface area contributed by atoms with Gasteiger partial charge < -0.3 is 4.90 Å². The van der Waals surface area contributed by atoms with E-state index in [1.807, 2.05) is 0 Å². The van der Waals surface area contributed by atoms with Gasteiger partial charge in [-0.25, -0.2) is 0 Å². The maximum absolute atomic E-state index is 2.40. The summed E-state index contributed by atoms with van der Waals surface area (Å²) in [7, 11) is 2.15. The molecule has 0 bridgehead atoms. The fourth-order valence-electron chi connectivity index (χ4n) is 4.23. The van der Waals surface area contributed by atoms with E-state index in [1.165, 1.54) is 35.3 Å². The summed E-state index contributed by atoms with van der Waals surface area (Å²) in [4.78, 5) is 2.27. The molecule has 0 radical (unpaired) electrons. The van der Waals surface area contributed by atoms with E-state index in [1.54, 1.807) is 11.1 Å². The fourth-order valence-corrected chi connectivity index (χ4v) is 4.23. The molecule has 0 saturated heterocycles. The van der Waals surface area contributed by atoms with Gasteiger partial charge in [0.1, 0.15) is 0 Å². The molecule has 0 unspecified atom stereocenters. The van der Waals surface area contributed by atoms with Gasteiger partial charge in [-0.1, -0.05) is 55.8 Å². The van der Waals surface area contributed by atoms with Crippen LogP contribution in [-0.4, -0.2) is 7.05 Å². The molecule has 0 heterocycles. The smallest absolute Gasteiger partial charge is 0.0411 e. The highest BCUT2D eigenvalue weighted by molar-refractivity contribution is 5.66. The second-order valence-electron chi connectivity index (χ2n) is 7.50. The highest BCUT2D eigenvalue weighted by Crippen LogP contribution is 2.45. The highest BCUT2D eigenvalue weighted by Gasteiger charge is 2.34. The van der Waals surface area contributed by atoms with Crippen molar-refractivity contribution in [1.82, 2.24) is 0 Å². The number of benzene rings is 2. The van der Waals surface area contributed by atoms with E-state index in [0.717, 1.165) is 6.42 Å². The molecule has 1 nitrogen and oxygen atoms in total. The van der Waals surface area contributed by atoms with Crippen molar-refractivity contribution in [2.24, 2.45) is 0 Å². The summed E-state index contributed by atoms with van der Waals surface area (Å²) in [6.07, 6.45) is 8.24. The third-order valence-electron chi connectivity index (χ3n) is 5.65. The van der Waals surface area contributed by atoms with Crippen LogP contribution in [0.1, 0.15) is 37.8 Å². The largest absolute Gasteiger partial charge is 0.345 e. The standard InChI is InChI=1S/C23H25N/c1-23(2)21-12-8-7-9-17(21)15-18-13-14-20(16-22(18)23)24(3)19-10-5-4-6-11-19/h4-6,8,10-14,16H,7,9,15H2,1-3H3. The van der Waals surface area contributed by atoms with Crippen LogP contribution in [0.5, 0.6) is 0 Å². The molecule has 2 aliphatic carbocycles. The van der Waals surface area contributed by atoms with Crippen LogP contribution >= 0.6 is 0 Å². The van der Waals surface area contributed by atoms with Gasteiger partial charge in [-0.05, 0) is 60.2 Å². The summed E-state index contributed by atoms with van der Waals surface area (Å²) in [5.41, 5.74) is 8.74. The lowest BCUT2D eigenvalue weighted by Crippen LogP contribution is -2.28. The molecule has 0 fully saturated rings. The number of rotatable bonds is 2. The molecule has 2 aliphatic rings. The Morgan fingerprint density at radius 1 is 0.958 bits per heavy atom. The number of anilines is 2. The number of fused-ring (bicyclic) bond motifs is 1. The lowest BCUT2D eigenvalue weighted by Gasteiger charge is -2.38. The van der Waals surface area contributed by atoms with E-state index in [2.05, 4.69) is 86.5 Å². The molecule has 0 aliphatic heterocycles. The van der Waals surface area contributed by atoms with Gasteiger partial charge in [-0.3, -0.25) is 0 Å². The lowest BCUT2D eigenvalue weighted by atomic mass is 9.66. The van der Waals surface area contributed by atoms with Crippen molar-refractivity contribution in [3.8, 4) is 0 Å². The summed E-state index contributed by atoms with van der Waals surface area (Å²) in [5.74, 6) is 0. The molecule has 0 saturated carbocycles. The van der Waals surface area contributed by atoms with E-state index in [-0.39, 0.29) is 5.41 Å². The van der Waals surface area contributed by atoms with E-state index >= 15 is 0 Å². The predicted octanol–water partition coefficient (Wildman–Crippen LogP) is 5.93. The second kappa shape index (κ2) is 5.66. The monoisotopic (exact) mass is 315 g/mol. The fraction of sp³-hybridized carbons (Fsp3) is 0.304. The minimum Gasteiger partial charge on any atom is -0.345 e. The molecule has 0 N–H and O–H groups in total. The molecule has 2 aromatic carbocycles. The second-order valence-corrected chi connectivity index (χ2v) is 7.50. The van der Waals surface area contributed by atoms with Gasteiger partial charge in [0, 0.05) is 23.8 Å². The van der Waals surface area contributed by atoms with Gasteiger partial charge in [0.25, 0.3) is 0 Å². The van der Waals surface area contributed by atoms with E-state index in [9.17, 15) is 0 Å². The zero-order valence-electron chi connectivity index (χ0n) is 14.8. The van der Waals surface area contributed by atoms with Crippen molar-refractivity contribution in [3.05, 3.63) is 83.0 Å². The van der Waals surface area contributed by atoms with Crippen molar-refractivity contribution in [1.29, 1.82) is 0 Å². The molecule has 1 heteroatoms. The number of para-hydroxylation sites is 1.